The predicted octanol–water partition coefficient (Wildman–Crippen LogP) is 1.45. The van der Waals surface area contributed by atoms with Gasteiger partial charge in [0.15, 0.2) is 0 Å². The van der Waals surface area contributed by atoms with Crippen molar-refractivity contribution in [2.24, 2.45) is 5.73 Å². The highest BCUT2D eigenvalue weighted by Crippen LogP contribution is 2.22. The SMILES string of the molecule is NC(=O)NC(=O)[C@H](NC1CCCC1)c1ccccc1. The summed E-state index contributed by atoms with van der Waals surface area (Å²) in [5.74, 6) is -0.398. The van der Waals surface area contributed by atoms with Gasteiger partial charge in [0.1, 0.15) is 6.04 Å². The van der Waals surface area contributed by atoms with Crippen LogP contribution in [-0.2, 0) is 4.79 Å². The number of nitrogens with one attached hydrogen (secondary N) is 2. The van der Waals surface area contributed by atoms with Crippen molar-refractivity contribution in [1.29, 1.82) is 0 Å². The Morgan fingerprint density at radius 1 is 1.16 bits per heavy atom. The Hall–Kier alpha value is -1.88. The zero-order chi connectivity index (χ0) is 13.7. The second-order valence-electron chi connectivity index (χ2n) is 4.85. The molecule has 0 heterocycles. The van der Waals surface area contributed by atoms with Crippen molar-refractivity contribution >= 4 is 11.9 Å². The fraction of sp³-hybridized carbons (Fsp3) is 0.429. The third-order valence-corrected chi connectivity index (χ3v) is 3.40. The molecule has 0 spiro atoms. The second-order valence-corrected chi connectivity index (χ2v) is 4.85. The van der Waals surface area contributed by atoms with E-state index in [-0.39, 0.29) is 0 Å². The molecule has 1 aromatic carbocycles. The van der Waals surface area contributed by atoms with E-state index in [1.807, 2.05) is 30.3 Å². The minimum Gasteiger partial charge on any atom is -0.351 e. The molecule has 0 aliphatic heterocycles. The highest BCUT2D eigenvalue weighted by molar-refractivity contribution is 5.96. The Balaban J connectivity index is 2.12. The van der Waals surface area contributed by atoms with Gasteiger partial charge < -0.3 is 5.73 Å². The summed E-state index contributed by atoms with van der Waals surface area (Å²) in [5, 5.41) is 5.47. The molecule has 0 aromatic heterocycles. The molecule has 0 radical (unpaired) electrons. The Morgan fingerprint density at radius 3 is 2.37 bits per heavy atom. The Bertz CT molecular complexity index is 441. The zero-order valence-corrected chi connectivity index (χ0v) is 10.8. The minimum atomic E-state index is -0.820. The van der Waals surface area contributed by atoms with Crippen LogP contribution >= 0.6 is 0 Å². The molecular formula is C14H19N3O2. The van der Waals surface area contributed by atoms with E-state index in [0.29, 0.717) is 6.04 Å². The Kier molecular flexibility index (Phi) is 4.52. The maximum Gasteiger partial charge on any atom is 0.318 e. The van der Waals surface area contributed by atoms with Crippen molar-refractivity contribution < 1.29 is 9.59 Å². The molecule has 5 nitrogen and oxygen atoms in total. The predicted molar refractivity (Wildman–Crippen MR) is 72.3 cm³/mol. The summed E-state index contributed by atoms with van der Waals surface area (Å²) in [6.45, 7) is 0. The average Bonchev–Trinajstić information content (AvgIpc) is 2.89. The topological polar surface area (TPSA) is 84.2 Å². The number of benzene rings is 1. The largest absolute Gasteiger partial charge is 0.351 e. The Labute approximate surface area is 112 Å². The van der Waals surface area contributed by atoms with E-state index in [9.17, 15) is 9.59 Å². The van der Waals surface area contributed by atoms with Crippen molar-refractivity contribution in [3.63, 3.8) is 0 Å². The van der Waals surface area contributed by atoms with E-state index in [4.69, 9.17) is 5.73 Å². The van der Waals surface area contributed by atoms with Gasteiger partial charge in [0, 0.05) is 6.04 Å². The van der Waals surface area contributed by atoms with E-state index >= 15 is 0 Å². The van der Waals surface area contributed by atoms with Crippen LogP contribution in [0.2, 0.25) is 0 Å². The lowest BCUT2D eigenvalue weighted by Crippen LogP contribution is -2.45. The van der Waals surface area contributed by atoms with Crippen LogP contribution in [0.1, 0.15) is 37.3 Å². The lowest BCUT2D eigenvalue weighted by molar-refractivity contribution is -0.122. The van der Waals surface area contributed by atoms with Gasteiger partial charge in [-0.15, -0.1) is 0 Å². The normalized spacial score (nSPS) is 17.1. The molecule has 19 heavy (non-hydrogen) atoms. The molecule has 1 aromatic rings. The van der Waals surface area contributed by atoms with Gasteiger partial charge in [-0.05, 0) is 18.4 Å². The molecule has 0 saturated heterocycles. The molecule has 0 unspecified atom stereocenters. The van der Waals surface area contributed by atoms with Gasteiger partial charge in [-0.2, -0.15) is 0 Å². The summed E-state index contributed by atoms with van der Waals surface area (Å²) in [7, 11) is 0. The van der Waals surface area contributed by atoms with E-state index in [0.717, 1.165) is 18.4 Å². The number of rotatable bonds is 4. The van der Waals surface area contributed by atoms with Gasteiger partial charge in [0.2, 0.25) is 5.91 Å². The number of amides is 3. The molecule has 1 aliphatic carbocycles. The molecular weight excluding hydrogens is 242 g/mol. The van der Waals surface area contributed by atoms with E-state index in [2.05, 4.69) is 10.6 Å². The molecule has 3 amide bonds. The number of carbonyl (C=O) groups is 2. The number of imide groups is 1. The first-order valence-corrected chi connectivity index (χ1v) is 6.58. The quantitative estimate of drug-likeness (QED) is 0.767. The van der Waals surface area contributed by atoms with Gasteiger partial charge in [0.25, 0.3) is 0 Å². The van der Waals surface area contributed by atoms with Crippen molar-refractivity contribution in [1.82, 2.24) is 10.6 Å². The maximum absolute atomic E-state index is 12.1. The van der Waals surface area contributed by atoms with Crippen LogP contribution in [0.4, 0.5) is 4.79 Å². The molecule has 102 valence electrons. The minimum absolute atomic E-state index is 0.323. The Morgan fingerprint density at radius 2 is 1.79 bits per heavy atom. The highest BCUT2D eigenvalue weighted by atomic mass is 16.2. The molecule has 5 heteroatoms. The molecule has 1 aliphatic rings. The average molecular weight is 261 g/mol. The maximum atomic E-state index is 12.1. The summed E-state index contributed by atoms with van der Waals surface area (Å²) in [6, 6.07) is 8.34. The van der Waals surface area contributed by atoms with Crippen molar-refractivity contribution in [3.8, 4) is 0 Å². The second kappa shape index (κ2) is 6.33. The fourth-order valence-corrected chi connectivity index (χ4v) is 2.49. The van der Waals surface area contributed by atoms with Gasteiger partial charge in [0.05, 0.1) is 0 Å². The number of primary amides is 1. The number of carbonyl (C=O) groups excluding carboxylic acids is 2. The number of urea groups is 1. The fourth-order valence-electron chi connectivity index (χ4n) is 2.49. The van der Waals surface area contributed by atoms with Crippen LogP contribution in [0.25, 0.3) is 0 Å². The summed E-state index contributed by atoms with van der Waals surface area (Å²) in [4.78, 5) is 22.9. The van der Waals surface area contributed by atoms with Gasteiger partial charge in [-0.3, -0.25) is 15.4 Å². The van der Waals surface area contributed by atoms with Crippen LogP contribution in [0, 0.1) is 0 Å². The summed E-state index contributed by atoms with van der Waals surface area (Å²) in [5.41, 5.74) is 5.86. The zero-order valence-electron chi connectivity index (χ0n) is 10.8. The third kappa shape index (κ3) is 3.79. The summed E-state index contributed by atoms with van der Waals surface area (Å²) >= 11 is 0. The standard InChI is InChI=1S/C14H19N3O2/c15-14(19)17-13(18)12(10-6-2-1-3-7-10)16-11-8-4-5-9-11/h1-3,6-7,11-12,16H,4-5,8-9H2,(H3,15,17,18,19)/t12-/m1/s1. The first kappa shape index (κ1) is 13.5. The highest BCUT2D eigenvalue weighted by Gasteiger charge is 2.26. The molecule has 1 fully saturated rings. The van der Waals surface area contributed by atoms with Crippen molar-refractivity contribution in [3.05, 3.63) is 35.9 Å². The first-order chi connectivity index (χ1) is 9.16. The third-order valence-electron chi connectivity index (χ3n) is 3.40. The first-order valence-electron chi connectivity index (χ1n) is 6.58. The van der Waals surface area contributed by atoms with E-state index in [1.54, 1.807) is 0 Å². The summed E-state index contributed by atoms with van der Waals surface area (Å²) in [6.07, 6.45) is 4.48. The molecule has 0 bridgehead atoms. The van der Waals surface area contributed by atoms with Crippen LogP contribution in [-0.4, -0.2) is 18.0 Å². The van der Waals surface area contributed by atoms with E-state index < -0.39 is 18.0 Å². The molecule has 2 rings (SSSR count). The molecule has 1 atom stereocenters. The van der Waals surface area contributed by atoms with Crippen molar-refractivity contribution in [2.45, 2.75) is 37.8 Å². The van der Waals surface area contributed by atoms with Crippen molar-refractivity contribution in [2.75, 3.05) is 0 Å². The van der Waals surface area contributed by atoms with Gasteiger partial charge >= 0.3 is 6.03 Å². The van der Waals surface area contributed by atoms with Gasteiger partial charge in [-0.25, -0.2) is 4.79 Å². The van der Waals surface area contributed by atoms with Crippen LogP contribution in [0.3, 0.4) is 0 Å². The molecule has 4 N–H and O–H groups in total. The van der Waals surface area contributed by atoms with Crippen LogP contribution < -0.4 is 16.4 Å². The lowest BCUT2D eigenvalue weighted by Gasteiger charge is -2.22. The van der Waals surface area contributed by atoms with Crippen LogP contribution in [0.5, 0.6) is 0 Å². The van der Waals surface area contributed by atoms with E-state index in [1.165, 1.54) is 12.8 Å². The summed E-state index contributed by atoms with van der Waals surface area (Å²) < 4.78 is 0. The number of hydrogen-bond acceptors (Lipinski definition) is 3. The van der Waals surface area contributed by atoms with Crippen LogP contribution in [0.15, 0.2) is 30.3 Å². The lowest BCUT2D eigenvalue weighted by atomic mass is 10.0. The number of nitrogens with two attached hydrogens (primary N) is 1. The molecule has 1 saturated carbocycles. The number of hydrogen-bond donors (Lipinski definition) is 3. The monoisotopic (exact) mass is 261 g/mol. The smallest absolute Gasteiger partial charge is 0.318 e. The van der Waals surface area contributed by atoms with Gasteiger partial charge in [-0.1, -0.05) is 43.2 Å².